The van der Waals surface area contributed by atoms with Crippen molar-refractivity contribution in [2.24, 2.45) is 0 Å². The van der Waals surface area contributed by atoms with Gasteiger partial charge >= 0.3 is 0 Å². The highest BCUT2D eigenvalue weighted by atomic mass is 32.2. The van der Waals surface area contributed by atoms with Gasteiger partial charge in [0.25, 0.3) is 15.9 Å². The van der Waals surface area contributed by atoms with Crippen molar-refractivity contribution in [3.63, 3.8) is 0 Å². The molecule has 2 aromatic carbocycles. The first-order chi connectivity index (χ1) is 12.4. The minimum absolute atomic E-state index is 0.352. The molecule has 2 heterocycles. The van der Waals surface area contributed by atoms with Gasteiger partial charge < -0.3 is 10.4 Å². The van der Waals surface area contributed by atoms with Gasteiger partial charge in [0.05, 0.1) is 10.6 Å². The molecule has 3 aromatic rings. The van der Waals surface area contributed by atoms with Crippen LogP contribution in [0.25, 0.3) is 16.5 Å². The van der Waals surface area contributed by atoms with Gasteiger partial charge in [0.15, 0.2) is 10.7 Å². The fraction of sp³-hybridized carbons (Fsp3) is 0.0556. The van der Waals surface area contributed by atoms with Gasteiger partial charge in [-0.2, -0.15) is 0 Å². The Balaban J connectivity index is 1.82. The van der Waals surface area contributed by atoms with Gasteiger partial charge in [-0.05, 0) is 22.9 Å². The molecule has 0 saturated heterocycles. The van der Waals surface area contributed by atoms with Crippen molar-refractivity contribution >= 4 is 55.2 Å². The van der Waals surface area contributed by atoms with Gasteiger partial charge in [0.1, 0.15) is 0 Å². The minimum atomic E-state index is -4.15. The van der Waals surface area contributed by atoms with Crippen LogP contribution in [0.4, 0.5) is 11.4 Å². The van der Waals surface area contributed by atoms with Crippen LogP contribution in [0.1, 0.15) is 4.88 Å². The summed E-state index contributed by atoms with van der Waals surface area (Å²) in [4.78, 5) is 12.5. The SMILES string of the molecule is CN1c2ccsc2C(O)=C(C(=O)Nc2cccc3ccccc23)S1(=O)=O. The monoisotopic (exact) mass is 386 g/mol. The molecule has 1 aliphatic rings. The van der Waals surface area contributed by atoms with E-state index in [2.05, 4.69) is 5.32 Å². The summed E-state index contributed by atoms with van der Waals surface area (Å²) in [5.74, 6) is -1.39. The Labute approximate surface area is 154 Å². The second-order valence-corrected chi connectivity index (χ2v) is 8.59. The van der Waals surface area contributed by atoms with Crippen LogP contribution in [-0.4, -0.2) is 26.5 Å². The van der Waals surface area contributed by atoms with E-state index in [9.17, 15) is 18.3 Å². The van der Waals surface area contributed by atoms with Crippen LogP contribution in [0, 0.1) is 0 Å². The number of nitrogens with zero attached hydrogens (tertiary/aromatic N) is 1. The van der Waals surface area contributed by atoms with Crippen LogP contribution in [0.5, 0.6) is 0 Å². The Morgan fingerprint density at radius 2 is 1.85 bits per heavy atom. The molecule has 8 heteroatoms. The third kappa shape index (κ3) is 2.38. The number of nitrogens with one attached hydrogen (secondary N) is 1. The van der Waals surface area contributed by atoms with Gasteiger partial charge in [0, 0.05) is 18.1 Å². The van der Waals surface area contributed by atoms with E-state index in [0.717, 1.165) is 15.1 Å². The molecule has 1 aliphatic heterocycles. The van der Waals surface area contributed by atoms with Gasteiger partial charge in [-0.3, -0.25) is 9.10 Å². The summed E-state index contributed by atoms with van der Waals surface area (Å²) in [6.45, 7) is 0. The molecule has 2 N–H and O–H groups in total. The number of aliphatic hydroxyl groups excluding tert-OH is 1. The van der Waals surface area contributed by atoms with Gasteiger partial charge in [0.2, 0.25) is 0 Å². The van der Waals surface area contributed by atoms with Gasteiger partial charge in [-0.1, -0.05) is 36.4 Å². The molecule has 0 radical (unpaired) electrons. The maximum absolute atomic E-state index is 12.8. The average Bonchev–Trinajstić information content (AvgIpc) is 3.10. The van der Waals surface area contributed by atoms with Crippen LogP contribution in [0.3, 0.4) is 0 Å². The molecule has 0 bridgehead atoms. The van der Waals surface area contributed by atoms with Crippen LogP contribution in [0.2, 0.25) is 0 Å². The molecule has 1 amide bonds. The summed E-state index contributed by atoms with van der Waals surface area (Å²) in [5, 5.41) is 16.4. The maximum atomic E-state index is 12.8. The molecule has 0 fully saturated rings. The van der Waals surface area contributed by atoms with Gasteiger partial charge in [-0.25, -0.2) is 8.42 Å². The number of carbonyl (C=O) groups is 1. The summed E-state index contributed by atoms with van der Waals surface area (Å²) in [7, 11) is -2.79. The number of benzene rings is 2. The first kappa shape index (κ1) is 16.6. The molecule has 0 spiro atoms. The first-order valence-electron chi connectivity index (χ1n) is 7.70. The highest BCUT2D eigenvalue weighted by molar-refractivity contribution is 7.97. The van der Waals surface area contributed by atoms with Crippen LogP contribution >= 0.6 is 11.3 Å². The lowest BCUT2D eigenvalue weighted by Crippen LogP contribution is -2.36. The quantitative estimate of drug-likeness (QED) is 0.705. The highest BCUT2D eigenvalue weighted by Gasteiger charge is 2.40. The van der Waals surface area contributed by atoms with Crippen molar-refractivity contribution in [1.29, 1.82) is 0 Å². The molecule has 4 rings (SSSR count). The Hall–Kier alpha value is -2.84. The van der Waals surface area contributed by atoms with E-state index in [1.54, 1.807) is 23.6 Å². The smallest absolute Gasteiger partial charge is 0.273 e. The molecule has 1 aromatic heterocycles. The second kappa shape index (κ2) is 5.86. The molecular weight excluding hydrogens is 372 g/mol. The third-order valence-corrected chi connectivity index (χ3v) is 7.00. The Morgan fingerprint density at radius 3 is 2.65 bits per heavy atom. The highest BCUT2D eigenvalue weighted by Crippen LogP contribution is 2.41. The maximum Gasteiger partial charge on any atom is 0.273 e. The van der Waals surface area contributed by atoms with E-state index < -0.39 is 26.6 Å². The predicted octanol–water partition coefficient (Wildman–Crippen LogP) is 3.55. The summed E-state index contributed by atoms with van der Waals surface area (Å²) >= 11 is 1.17. The average molecular weight is 386 g/mol. The lowest BCUT2D eigenvalue weighted by atomic mass is 10.1. The summed E-state index contributed by atoms with van der Waals surface area (Å²) < 4.78 is 26.5. The number of hydrogen-bond acceptors (Lipinski definition) is 5. The zero-order valence-corrected chi connectivity index (χ0v) is 15.3. The third-order valence-electron chi connectivity index (χ3n) is 4.28. The zero-order chi connectivity index (χ0) is 18.5. The Bertz CT molecular complexity index is 1170. The zero-order valence-electron chi connectivity index (χ0n) is 13.6. The molecular formula is C18H14N2O4S2. The lowest BCUT2D eigenvalue weighted by Gasteiger charge is -2.26. The van der Waals surface area contributed by atoms with E-state index in [-0.39, 0.29) is 0 Å². The fourth-order valence-corrected chi connectivity index (χ4v) is 5.27. The van der Waals surface area contributed by atoms with E-state index in [0.29, 0.717) is 16.3 Å². The summed E-state index contributed by atoms with van der Waals surface area (Å²) in [6.07, 6.45) is 0. The van der Waals surface area contributed by atoms with Crippen molar-refractivity contribution in [1.82, 2.24) is 0 Å². The van der Waals surface area contributed by atoms with E-state index in [1.807, 2.05) is 30.3 Å². The van der Waals surface area contributed by atoms with Crippen molar-refractivity contribution < 1.29 is 18.3 Å². The van der Waals surface area contributed by atoms with E-state index in [1.165, 1.54) is 18.4 Å². The number of anilines is 2. The normalized spacial score (nSPS) is 15.8. The Kier molecular flexibility index (Phi) is 3.74. The van der Waals surface area contributed by atoms with Crippen molar-refractivity contribution in [3.05, 3.63) is 63.7 Å². The molecule has 0 saturated carbocycles. The second-order valence-electron chi connectivity index (χ2n) is 5.77. The van der Waals surface area contributed by atoms with Crippen molar-refractivity contribution in [3.8, 4) is 0 Å². The van der Waals surface area contributed by atoms with Gasteiger partial charge in [-0.15, -0.1) is 11.3 Å². The molecule has 132 valence electrons. The lowest BCUT2D eigenvalue weighted by molar-refractivity contribution is -0.112. The number of sulfonamides is 1. The van der Waals surface area contributed by atoms with Crippen molar-refractivity contribution in [2.45, 2.75) is 0 Å². The van der Waals surface area contributed by atoms with Crippen LogP contribution in [-0.2, 0) is 14.8 Å². The van der Waals surface area contributed by atoms with Crippen molar-refractivity contribution in [2.75, 3.05) is 16.7 Å². The number of amides is 1. The molecule has 6 nitrogen and oxygen atoms in total. The van der Waals surface area contributed by atoms with Crippen LogP contribution < -0.4 is 9.62 Å². The number of carbonyl (C=O) groups excluding carboxylic acids is 1. The molecule has 0 unspecified atom stereocenters. The fourth-order valence-electron chi connectivity index (χ4n) is 2.96. The summed E-state index contributed by atoms with van der Waals surface area (Å²) in [5.41, 5.74) is 0.831. The largest absolute Gasteiger partial charge is 0.505 e. The molecule has 0 aliphatic carbocycles. The van der Waals surface area contributed by atoms with Crippen LogP contribution in [0.15, 0.2) is 58.8 Å². The predicted molar refractivity (Wildman–Crippen MR) is 104 cm³/mol. The Morgan fingerprint density at radius 1 is 1.12 bits per heavy atom. The number of fused-ring (bicyclic) bond motifs is 2. The van der Waals surface area contributed by atoms with E-state index >= 15 is 0 Å². The molecule has 0 atom stereocenters. The first-order valence-corrected chi connectivity index (χ1v) is 10.0. The van der Waals surface area contributed by atoms with E-state index in [4.69, 9.17) is 0 Å². The summed E-state index contributed by atoms with van der Waals surface area (Å²) in [6, 6.07) is 14.4. The standard InChI is InChI=1S/C18H14N2O4S2/c1-20-14-9-10-25-16(14)15(21)17(26(20,23)24)18(22)19-13-8-4-6-11-5-2-3-7-12(11)13/h2-10,21H,1H3,(H,19,22). The number of aliphatic hydroxyl groups is 1. The topological polar surface area (TPSA) is 86.7 Å². The number of hydrogen-bond donors (Lipinski definition) is 2. The molecule has 26 heavy (non-hydrogen) atoms. The number of thiophene rings is 1. The number of rotatable bonds is 2. The minimum Gasteiger partial charge on any atom is -0.505 e.